The molecule has 11 aromatic carbocycles. The number of anilines is 3. The number of rotatable bonds is 7. The van der Waals surface area contributed by atoms with E-state index in [1.165, 1.54) is 99.0 Å². The number of benzene rings is 11. The Morgan fingerprint density at radius 1 is 0.328 bits per heavy atom. The second kappa shape index (κ2) is 15.3. The summed E-state index contributed by atoms with van der Waals surface area (Å²) in [5.41, 5.74) is 19.5. The van der Waals surface area contributed by atoms with Gasteiger partial charge in [-0.25, -0.2) is 0 Å². The summed E-state index contributed by atoms with van der Waals surface area (Å²) in [4.78, 5) is 2.34. The Bertz CT molecular complexity index is 3860. The van der Waals surface area contributed by atoms with E-state index in [0.717, 1.165) is 22.7 Å². The third-order valence-corrected chi connectivity index (χ3v) is 14.3. The molecule has 2 heteroatoms. The molecule has 0 amide bonds. The van der Waals surface area contributed by atoms with E-state index < -0.39 is 0 Å². The molecule has 0 saturated carbocycles. The Balaban J connectivity index is 0.874. The maximum Gasteiger partial charge on any atom is 0.0547 e. The molecule has 0 bridgehead atoms. The molecule has 0 spiro atoms. The van der Waals surface area contributed by atoms with Gasteiger partial charge in [-0.1, -0.05) is 172 Å². The maximum atomic E-state index is 2.48. The second-order valence-corrected chi connectivity index (χ2v) is 18.6. The number of hydrogen-bond acceptors (Lipinski definition) is 1. The van der Waals surface area contributed by atoms with Crippen molar-refractivity contribution in [3.8, 4) is 50.2 Å². The molecule has 0 unspecified atom stereocenters. The summed E-state index contributed by atoms with van der Waals surface area (Å²) in [6.45, 7) is 4.77. The molecule has 0 fully saturated rings. The first-order valence-corrected chi connectivity index (χ1v) is 23.3. The lowest BCUT2D eigenvalue weighted by Gasteiger charge is -2.26. The predicted octanol–water partition coefficient (Wildman–Crippen LogP) is 17.9. The van der Waals surface area contributed by atoms with Crippen LogP contribution in [0.5, 0.6) is 0 Å². The highest BCUT2D eigenvalue weighted by atomic mass is 15.1. The molecule has 1 heterocycles. The topological polar surface area (TPSA) is 8.17 Å². The van der Waals surface area contributed by atoms with E-state index in [4.69, 9.17) is 0 Å². The number of para-hydroxylation sites is 2. The van der Waals surface area contributed by atoms with Gasteiger partial charge in [0.1, 0.15) is 0 Å². The summed E-state index contributed by atoms with van der Waals surface area (Å²) in [6, 6.07) is 89.2. The van der Waals surface area contributed by atoms with Crippen LogP contribution in [0.25, 0.3) is 93.5 Å². The van der Waals surface area contributed by atoms with Crippen molar-refractivity contribution in [1.29, 1.82) is 0 Å². The first-order valence-electron chi connectivity index (χ1n) is 23.3. The molecule has 1 aromatic heterocycles. The van der Waals surface area contributed by atoms with Gasteiger partial charge in [-0.05, 0) is 162 Å². The lowest BCUT2D eigenvalue weighted by atomic mass is 9.80. The van der Waals surface area contributed by atoms with Gasteiger partial charge >= 0.3 is 0 Å². The van der Waals surface area contributed by atoms with Gasteiger partial charge in [0, 0.05) is 38.9 Å². The van der Waals surface area contributed by atoms with Crippen molar-refractivity contribution < 1.29 is 0 Å². The van der Waals surface area contributed by atoms with Crippen LogP contribution in [0.2, 0.25) is 0 Å². The highest BCUT2D eigenvalue weighted by molar-refractivity contribution is 6.16. The Labute approximate surface area is 391 Å². The quantitative estimate of drug-likeness (QED) is 0.155. The van der Waals surface area contributed by atoms with Gasteiger partial charge in [-0.15, -0.1) is 0 Å². The van der Waals surface area contributed by atoms with Gasteiger partial charge < -0.3 is 9.47 Å². The summed E-state index contributed by atoms with van der Waals surface area (Å²) in [5.74, 6) is 0. The average Bonchev–Trinajstić information content (AvgIpc) is 3.83. The molecule has 1 aliphatic rings. The van der Waals surface area contributed by atoms with Gasteiger partial charge in [0.05, 0.1) is 11.0 Å². The SMILES string of the molecule is CC1(C)c2ccccc2-c2ccc3cc4c(cc3c21)c1cc(-c2cccc(-c3ccc(N(c5ccccc5)c5ccc(-c6ccc7ccccc7c6)cc5)cc3)c2)ccc1n4-c1ccccc1. The molecule has 13 rings (SSSR count). The Kier molecular flexibility index (Phi) is 8.91. The smallest absolute Gasteiger partial charge is 0.0547 e. The fraction of sp³-hybridized carbons (Fsp3) is 0.0462. The van der Waals surface area contributed by atoms with Crippen LogP contribution in [0.15, 0.2) is 243 Å². The second-order valence-electron chi connectivity index (χ2n) is 18.6. The minimum absolute atomic E-state index is 0.106. The van der Waals surface area contributed by atoms with E-state index in [1.807, 2.05) is 0 Å². The third-order valence-electron chi connectivity index (χ3n) is 14.3. The monoisotopic (exact) mass is 854 g/mol. The summed E-state index contributed by atoms with van der Waals surface area (Å²) in [6.07, 6.45) is 0. The van der Waals surface area contributed by atoms with Crippen LogP contribution in [-0.4, -0.2) is 4.57 Å². The first kappa shape index (κ1) is 39.0. The first-order chi connectivity index (χ1) is 33.0. The molecular weight excluding hydrogens is 809 g/mol. The van der Waals surface area contributed by atoms with Crippen LogP contribution in [0.1, 0.15) is 25.0 Å². The van der Waals surface area contributed by atoms with Crippen LogP contribution in [0.3, 0.4) is 0 Å². The number of hydrogen-bond donors (Lipinski definition) is 0. The zero-order chi connectivity index (χ0) is 44.6. The normalized spacial score (nSPS) is 12.7. The molecule has 0 saturated heterocycles. The summed E-state index contributed by atoms with van der Waals surface area (Å²) < 4.78 is 2.44. The van der Waals surface area contributed by atoms with Gasteiger partial charge in [0.15, 0.2) is 0 Å². The van der Waals surface area contributed by atoms with Crippen LogP contribution < -0.4 is 4.90 Å². The average molecular weight is 855 g/mol. The number of aromatic nitrogens is 1. The lowest BCUT2D eigenvalue weighted by molar-refractivity contribution is 0.666. The molecule has 0 aliphatic heterocycles. The van der Waals surface area contributed by atoms with Gasteiger partial charge in [0.25, 0.3) is 0 Å². The molecule has 1 aliphatic carbocycles. The van der Waals surface area contributed by atoms with E-state index in [1.54, 1.807) is 0 Å². The van der Waals surface area contributed by atoms with Gasteiger partial charge in [-0.3, -0.25) is 0 Å². The van der Waals surface area contributed by atoms with Crippen molar-refractivity contribution in [3.05, 3.63) is 254 Å². The van der Waals surface area contributed by atoms with E-state index >= 15 is 0 Å². The van der Waals surface area contributed by atoms with Crippen molar-refractivity contribution in [2.24, 2.45) is 0 Å². The molecule has 67 heavy (non-hydrogen) atoms. The van der Waals surface area contributed by atoms with Crippen molar-refractivity contribution >= 4 is 60.4 Å². The molecule has 0 N–H and O–H groups in total. The third kappa shape index (κ3) is 6.40. The maximum absolute atomic E-state index is 2.48. The summed E-state index contributed by atoms with van der Waals surface area (Å²) >= 11 is 0. The van der Waals surface area contributed by atoms with E-state index in [2.05, 4.69) is 266 Å². The zero-order valence-electron chi connectivity index (χ0n) is 37.5. The zero-order valence-corrected chi connectivity index (χ0v) is 37.5. The van der Waals surface area contributed by atoms with E-state index in [-0.39, 0.29) is 5.41 Å². The fourth-order valence-electron chi connectivity index (χ4n) is 11.0. The molecule has 2 nitrogen and oxygen atoms in total. The van der Waals surface area contributed by atoms with Crippen LogP contribution in [0, 0.1) is 0 Å². The Morgan fingerprint density at radius 2 is 0.881 bits per heavy atom. The van der Waals surface area contributed by atoms with Crippen molar-refractivity contribution in [3.63, 3.8) is 0 Å². The molecule has 0 atom stereocenters. The molecular formula is C65H46N2. The fourth-order valence-corrected chi connectivity index (χ4v) is 11.0. The predicted molar refractivity (Wildman–Crippen MR) is 284 cm³/mol. The highest BCUT2D eigenvalue weighted by Crippen LogP contribution is 2.52. The minimum atomic E-state index is -0.106. The van der Waals surface area contributed by atoms with Crippen LogP contribution >= 0.6 is 0 Å². The standard InChI is InChI=1S/C65H46N2/c1-65(2)61-23-12-11-22-56(61)57-36-30-51-41-63-60(42-58(51)64(57)65)59-40-50(31-37-62(59)67(63)53-20-7-4-8-21-53)48-17-13-16-47(38-48)44-26-32-54(33-27-44)66(52-18-5-3-6-19-52)55-34-28-45(29-35-55)49-25-24-43-14-9-10-15-46(43)39-49/h3-42H,1-2H3. The summed E-state index contributed by atoms with van der Waals surface area (Å²) in [5, 5.41) is 7.63. The van der Waals surface area contributed by atoms with E-state index in [9.17, 15) is 0 Å². The largest absolute Gasteiger partial charge is 0.311 e. The Hall–Kier alpha value is -8.46. The van der Waals surface area contributed by atoms with Crippen LogP contribution in [0.4, 0.5) is 17.1 Å². The van der Waals surface area contributed by atoms with Crippen molar-refractivity contribution in [2.75, 3.05) is 4.90 Å². The molecule has 12 aromatic rings. The van der Waals surface area contributed by atoms with Gasteiger partial charge in [0.2, 0.25) is 0 Å². The number of nitrogens with zero attached hydrogens (tertiary/aromatic N) is 2. The summed E-state index contributed by atoms with van der Waals surface area (Å²) in [7, 11) is 0. The van der Waals surface area contributed by atoms with Crippen molar-refractivity contribution in [1.82, 2.24) is 4.57 Å². The highest BCUT2D eigenvalue weighted by Gasteiger charge is 2.36. The molecule has 0 radical (unpaired) electrons. The molecule has 316 valence electrons. The van der Waals surface area contributed by atoms with E-state index in [0.29, 0.717) is 0 Å². The minimum Gasteiger partial charge on any atom is -0.311 e. The van der Waals surface area contributed by atoms with Gasteiger partial charge in [-0.2, -0.15) is 0 Å². The number of fused-ring (bicyclic) bond motifs is 9. The van der Waals surface area contributed by atoms with Crippen LogP contribution in [-0.2, 0) is 5.41 Å². The lowest BCUT2D eigenvalue weighted by Crippen LogP contribution is -2.15. The van der Waals surface area contributed by atoms with Crippen molar-refractivity contribution in [2.45, 2.75) is 19.3 Å². The Morgan fingerprint density at radius 3 is 1.63 bits per heavy atom.